The van der Waals surface area contributed by atoms with Gasteiger partial charge in [0.1, 0.15) is 5.82 Å². The summed E-state index contributed by atoms with van der Waals surface area (Å²) in [6.45, 7) is 4.80. The first-order chi connectivity index (χ1) is 8.33. The molecule has 1 aromatic rings. The molecule has 0 aromatic carbocycles. The Morgan fingerprint density at radius 1 is 1.41 bits per heavy atom. The van der Waals surface area contributed by atoms with Gasteiger partial charge in [-0.05, 0) is 31.9 Å². The zero-order valence-electron chi connectivity index (χ0n) is 10.3. The van der Waals surface area contributed by atoms with Gasteiger partial charge in [-0.3, -0.25) is 0 Å². The summed E-state index contributed by atoms with van der Waals surface area (Å²) in [6, 6.07) is 5.79. The Kier molecular flexibility index (Phi) is 4.34. The lowest BCUT2D eigenvalue weighted by Crippen LogP contribution is -2.37. The third-order valence-corrected chi connectivity index (χ3v) is 3.12. The van der Waals surface area contributed by atoms with E-state index in [4.69, 9.17) is 9.84 Å². The Balaban J connectivity index is 1.95. The van der Waals surface area contributed by atoms with Crippen LogP contribution in [-0.2, 0) is 11.3 Å². The van der Waals surface area contributed by atoms with Gasteiger partial charge in [0.2, 0.25) is 0 Å². The Morgan fingerprint density at radius 2 is 2.18 bits per heavy atom. The number of ether oxygens (including phenoxy) is 1. The van der Waals surface area contributed by atoms with Crippen LogP contribution in [0.1, 0.15) is 25.5 Å². The Morgan fingerprint density at radius 3 is 2.82 bits per heavy atom. The Hall–Kier alpha value is -1.13. The standard InChI is InChI=1S/C13H20N2O2/c1-2-17-12-6-8-15(9-7-12)13-5-3-4-11(10-16)14-13/h3-5,12,16H,2,6-10H2,1H3. The molecule has 2 rings (SSSR count). The molecular formula is C13H20N2O2. The summed E-state index contributed by atoms with van der Waals surface area (Å²) >= 11 is 0. The van der Waals surface area contributed by atoms with Gasteiger partial charge in [-0.2, -0.15) is 0 Å². The van der Waals surface area contributed by atoms with Gasteiger partial charge in [0.05, 0.1) is 18.4 Å². The van der Waals surface area contributed by atoms with E-state index in [0.717, 1.165) is 44.0 Å². The van der Waals surface area contributed by atoms with Crippen molar-refractivity contribution in [3.8, 4) is 0 Å². The fraction of sp³-hybridized carbons (Fsp3) is 0.615. The summed E-state index contributed by atoms with van der Waals surface area (Å²) in [4.78, 5) is 6.68. The van der Waals surface area contributed by atoms with E-state index in [0.29, 0.717) is 6.10 Å². The fourth-order valence-corrected chi connectivity index (χ4v) is 2.22. The van der Waals surface area contributed by atoms with Crippen molar-refractivity contribution in [1.29, 1.82) is 0 Å². The van der Waals surface area contributed by atoms with Crippen molar-refractivity contribution < 1.29 is 9.84 Å². The minimum atomic E-state index is 0.00323. The van der Waals surface area contributed by atoms with Gasteiger partial charge in [-0.1, -0.05) is 6.07 Å². The van der Waals surface area contributed by atoms with Crippen LogP contribution in [0.4, 0.5) is 5.82 Å². The predicted molar refractivity (Wildman–Crippen MR) is 67.0 cm³/mol. The number of hydrogen-bond donors (Lipinski definition) is 1. The molecule has 94 valence electrons. The van der Waals surface area contributed by atoms with Crippen LogP contribution in [-0.4, -0.2) is 35.9 Å². The molecule has 0 aliphatic carbocycles. The highest BCUT2D eigenvalue weighted by Crippen LogP contribution is 2.19. The van der Waals surface area contributed by atoms with Crippen molar-refractivity contribution in [2.75, 3.05) is 24.6 Å². The maximum absolute atomic E-state index is 9.07. The second kappa shape index (κ2) is 5.98. The summed E-state index contributed by atoms with van der Waals surface area (Å²) in [5.41, 5.74) is 0.731. The monoisotopic (exact) mass is 236 g/mol. The molecule has 0 amide bonds. The van der Waals surface area contributed by atoms with Crippen LogP contribution in [0.3, 0.4) is 0 Å². The third-order valence-electron chi connectivity index (χ3n) is 3.12. The summed E-state index contributed by atoms with van der Waals surface area (Å²) in [5, 5.41) is 9.07. The van der Waals surface area contributed by atoms with Gasteiger partial charge in [-0.25, -0.2) is 4.98 Å². The highest BCUT2D eigenvalue weighted by molar-refractivity contribution is 5.39. The fourth-order valence-electron chi connectivity index (χ4n) is 2.22. The number of anilines is 1. The SMILES string of the molecule is CCOC1CCN(c2cccc(CO)n2)CC1. The van der Waals surface area contributed by atoms with Gasteiger partial charge >= 0.3 is 0 Å². The van der Waals surface area contributed by atoms with E-state index in [2.05, 4.69) is 9.88 Å². The minimum Gasteiger partial charge on any atom is -0.390 e. The van der Waals surface area contributed by atoms with E-state index in [1.165, 1.54) is 0 Å². The van der Waals surface area contributed by atoms with Crippen LogP contribution in [0.15, 0.2) is 18.2 Å². The average molecular weight is 236 g/mol. The molecule has 1 aromatic heterocycles. The highest BCUT2D eigenvalue weighted by Gasteiger charge is 2.20. The van der Waals surface area contributed by atoms with Crippen molar-refractivity contribution in [3.63, 3.8) is 0 Å². The van der Waals surface area contributed by atoms with Crippen molar-refractivity contribution >= 4 is 5.82 Å². The molecule has 17 heavy (non-hydrogen) atoms. The summed E-state index contributed by atoms with van der Waals surface area (Å²) in [7, 11) is 0. The van der Waals surface area contributed by atoms with Crippen LogP contribution in [0.25, 0.3) is 0 Å². The summed E-state index contributed by atoms with van der Waals surface area (Å²) < 4.78 is 5.62. The maximum Gasteiger partial charge on any atom is 0.128 e. The molecule has 0 unspecified atom stereocenters. The Bertz CT molecular complexity index is 349. The molecule has 1 N–H and O–H groups in total. The van der Waals surface area contributed by atoms with Crippen LogP contribution >= 0.6 is 0 Å². The van der Waals surface area contributed by atoms with Crippen molar-refractivity contribution in [2.45, 2.75) is 32.5 Å². The molecule has 0 atom stereocenters. The third kappa shape index (κ3) is 3.17. The molecule has 1 aliphatic heterocycles. The first-order valence-electron chi connectivity index (χ1n) is 6.27. The molecule has 4 nitrogen and oxygen atoms in total. The lowest BCUT2D eigenvalue weighted by atomic mass is 10.1. The number of aliphatic hydroxyl groups is 1. The number of nitrogens with zero attached hydrogens (tertiary/aromatic N) is 2. The van der Waals surface area contributed by atoms with Gasteiger partial charge in [0.15, 0.2) is 0 Å². The smallest absolute Gasteiger partial charge is 0.128 e. The highest BCUT2D eigenvalue weighted by atomic mass is 16.5. The molecule has 2 heterocycles. The summed E-state index contributed by atoms with van der Waals surface area (Å²) in [6.07, 6.45) is 2.51. The van der Waals surface area contributed by atoms with Crippen molar-refractivity contribution in [2.24, 2.45) is 0 Å². The van der Waals surface area contributed by atoms with Crippen molar-refractivity contribution in [1.82, 2.24) is 4.98 Å². The largest absolute Gasteiger partial charge is 0.390 e. The quantitative estimate of drug-likeness (QED) is 0.862. The molecule has 1 fully saturated rings. The summed E-state index contributed by atoms with van der Waals surface area (Å²) in [5.74, 6) is 0.964. The molecular weight excluding hydrogens is 216 g/mol. The normalized spacial score (nSPS) is 17.4. The molecule has 0 bridgehead atoms. The Labute approximate surface area is 102 Å². The number of aromatic nitrogens is 1. The van der Waals surface area contributed by atoms with Gasteiger partial charge < -0.3 is 14.7 Å². The molecule has 0 spiro atoms. The van der Waals surface area contributed by atoms with E-state index in [1.807, 2.05) is 25.1 Å². The lowest BCUT2D eigenvalue weighted by molar-refractivity contribution is 0.0458. The second-order valence-corrected chi connectivity index (χ2v) is 4.29. The number of pyridine rings is 1. The topological polar surface area (TPSA) is 45.6 Å². The maximum atomic E-state index is 9.07. The zero-order valence-corrected chi connectivity index (χ0v) is 10.3. The molecule has 1 saturated heterocycles. The predicted octanol–water partition coefficient (Wildman–Crippen LogP) is 1.58. The first kappa shape index (κ1) is 12.3. The second-order valence-electron chi connectivity index (χ2n) is 4.29. The van der Waals surface area contributed by atoms with Crippen LogP contribution < -0.4 is 4.90 Å². The van der Waals surface area contributed by atoms with Gasteiger partial charge in [0.25, 0.3) is 0 Å². The van der Waals surface area contributed by atoms with Gasteiger partial charge in [-0.15, -0.1) is 0 Å². The van der Waals surface area contributed by atoms with Crippen LogP contribution in [0, 0.1) is 0 Å². The van der Waals surface area contributed by atoms with E-state index in [9.17, 15) is 0 Å². The van der Waals surface area contributed by atoms with Crippen molar-refractivity contribution in [3.05, 3.63) is 23.9 Å². The lowest BCUT2D eigenvalue weighted by Gasteiger charge is -2.32. The zero-order chi connectivity index (χ0) is 12.1. The van der Waals surface area contributed by atoms with E-state index < -0.39 is 0 Å². The molecule has 4 heteroatoms. The van der Waals surface area contributed by atoms with E-state index in [-0.39, 0.29) is 6.61 Å². The van der Waals surface area contributed by atoms with E-state index >= 15 is 0 Å². The van der Waals surface area contributed by atoms with E-state index in [1.54, 1.807) is 0 Å². The molecule has 0 saturated carbocycles. The number of aliphatic hydroxyl groups excluding tert-OH is 1. The van der Waals surface area contributed by atoms with Crippen LogP contribution in [0.2, 0.25) is 0 Å². The molecule has 1 aliphatic rings. The van der Waals surface area contributed by atoms with Gasteiger partial charge in [0, 0.05) is 19.7 Å². The first-order valence-corrected chi connectivity index (χ1v) is 6.27. The van der Waals surface area contributed by atoms with Crippen LogP contribution in [0.5, 0.6) is 0 Å². The average Bonchev–Trinajstić information content (AvgIpc) is 2.40. The molecule has 0 radical (unpaired) electrons. The minimum absolute atomic E-state index is 0.00323. The number of rotatable bonds is 4. The number of hydrogen-bond acceptors (Lipinski definition) is 4. The number of piperidine rings is 1.